The molecule has 0 aromatic carbocycles. The van der Waals surface area contributed by atoms with Crippen molar-refractivity contribution < 1.29 is 0 Å². The average Bonchev–Trinajstić information content (AvgIpc) is 2.34. The average molecular weight is 167 g/mol. The molecule has 0 radical (unpaired) electrons. The molecule has 2 heteroatoms. The Kier molecular flexibility index (Phi) is 1.81. The molecule has 0 aromatic heterocycles. The van der Waals surface area contributed by atoms with Gasteiger partial charge < -0.3 is 5.73 Å². The number of nitrogens with two attached hydrogens (primary N) is 1. The number of hydrogen-bond acceptors (Lipinski definition) is 2. The summed E-state index contributed by atoms with van der Waals surface area (Å²) in [6.07, 6.45) is 4.53. The second-order valence-corrected chi connectivity index (χ2v) is 4.35. The Hall–Kier alpha value is -0.210. The normalized spacial score (nSPS) is 36.2. The zero-order valence-corrected chi connectivity index (χ0v) is 7.53. The lowest BCUT2D eigenvalue weighted by atomic mass is 9.88. The molecule has 2 rings (SSSR count). The molecule has 0 amide bonds. The van der Waals surface area contributed by atoms with E-state index in [2.05, 4.69) is 18.4 Å². The fourth-order valence-electron chi connectivity index (χ4n) is 1.89. The first-order chi connectivity index (χ1) is 5.27. The van der Waals surface area contributed by atoms with Crippen molar-refractivity contribution in [2.24, 2.45) is 11.7 Å². The summed E-state index contributed by atoms with van der Waals surface area (Å²) in [4.78, 5) is 1.56. The fourth-order valence-corrected chi connectivity index (χ4v) is 2.94. The Morgan fingerprint density at radius 1 is 1.64 bits per heavy atom. The van der Waals surface area contributed by atoms with Gasteiger partial charge in [0.05, 0.1) is 0 Å². The SMILES string of the molecule is CC1=C2SC=CC2CC(N)C1. The lowest BCUT2D eigenvalue weighted by molar-refractivity contribution is 0.522. The maximum Gasteiger partial charge on any atom is 0.0104 e. The van der Waals surface area contributed by atoms with Crippen LogP contribution in [0.25, 0.3) is 0 Å². The van der Waals surface area contributed by atoms with Gasteiger partial charge in [-0.1, -0.05) is 11.6 Å². The van der Waals surface area contributed by atoms with Crippen LogP contribution in [0.2, 0.25) is 0 Å². The Morgan fingerprint density at radius 2 is 2.45 bits per heavy atom. The Morgan fingerprint density at radius 3 is 3.27 bits per heavy atom. The van der Waals surface area contributed by atoms with Crippen LogP contribution in [0.1, 0.15) is 19.8 Å². The highest BCUT2D eigenvalue weighted by Crippen LogP contribution is 2.42. The van der Waals surface area contributed by atoms with Gasteiger partial charge in [-0.05, 0) is 30.1 Å². The van der Waals surface area contributed by atoms with Crippen molar-refractivity contribution in [1.29, 1.82) is 0 Å². The van der Waals surface area contributed by atoms with Crippen LogP contribution in [-0.2, 0) is 0 Å². The number of thioether (sulfide) groups is 1. The highest BCUT2D eigenvalue weighted by atomic mass is 32.2. The van der Waals surface area contributed by atoms with Gasteiger partial charge in [0, 0.05) is 12.0 Å². The quantitative estimate of drug-likeness (QED) is 0.599. The van der Waals surface area contributed by atoms with Crippen molar-refractivity contribution in [1.82, 2.24) is 0 Å². The molecule has 0 saturated carbocycles. The van der Waals surface area contributed by atoms with Gasteiger partial charge in [0.15, 0.2) is 0 Å². The lowest BCUT2D eigenvalue weighted by Crippen LogP contribution is -2.27. The molecule has 1 aliphatic heterocycles. The number of allylic oxidation sites excluding steroid dienone is 2. The van der Waals surface area contributed by atoms with E-state index >= 15 is 0 Å². The number of fused-ring (bicyclic) bond motifs is 1. The van der Waals surface area contributed by atoms with Gasteiger partial charge in [-0.25, -0.2) is 0 Å². The van der Waals surface area contributed by atoms with Crippen LogP contribution in [0.5, 0.6) is 0 Å². The first-order valence-electron chi connectivity index (χ1n) is 4.06. The van der Waals surface area contributed by atoms with Crippen LogP contribution in [0.3, 0.4) is 0 Å². The van der Waals surface area contributed by atoms with E-state index in [4.69, 9.17) is 5.73 Å². The zero-order chi connectivity index (χ0) is 7.84. The topological polar surface area (TPSA) is 26.0 Å². The summed E-state index contributed by atoms with van der Waals surface area (Å²) in [7, 11) is 0. The van der Waals surface area contributed by atoms with Crippen molar-refractivity contribution in [2.45, 2.75) is 25.8 Å². The minimum Gasteiger partial charge on any atom is -0.327 e. The summed E-state index contributed by atoms with van der Waals surface area (Å²) in [6.45, 7) is 2.21. The molecule has 2 unspecified atom stereocenters. The highest BCUT2D eigenvalue weighted by Gasteiger charge is 2.26. The van der Waals surface area contributed by atoms with Crippen LogP contribution in [0.4, 0.5) is 0 Å². The van der Waals surface area contributed by atoms with Crippen LogP contribution in [0.15, 0.2) is 22.0 Å². The van der Waals surface area contributed by atoms with E-state index in [-0.39, 0.29) is 0 Å². The summed E-state index contributed by atoms with van der Waals surface area (Å²) in [5.41, 5.74) is 7.41. The third kappa shape index (κ3) is 1.25. The Labute approximate surface area is 71.7 Å². The highest BCUT2D eigenvalue weighted by molar-refractivity contribution is 8.06. The van der Waals surface area contributed by atoms with Crippen molar-refractivity contribution >= 4 is 11.8 Å². The molecule has 0 saturated heterocycles. The maximum absolute atomic E-state index is 5.90. The summed E-state index contributed by atoms with van der Waals surface area (Å²) >= 11 is 1.88. The minimum atomic E-state index is 0.395. The molecule has 1 heterocycles. The van der Waals surface area contributed by atoms with Gasteiger partial charge in [-0.2, -0.15) is 0 Å². The molecule has 0 bridgehead atoms. The third-order valence-electron chi connectivity index (χ3n) is 2.39. The fraction of sp³-hybridized carbons (Fsp3) is 0.556. The van der Waals surface area contributed by atoms with E-state index in [1.165, 1.54) is 5.57 Å². The number of rotatable bonds is 0. The van der Waals surface area contributed by atoms with Crippen LogP contribution < -0.4 is 5.73 Å². The first kappa shape index (κ1) is 7.44. The largest absolute Gasteiger partial charge is 0.327 e. The van der Waals surface area contributed by atoms with E-state index in [9.17, 15) is 0 Å². The standard InChI is InChI=1S/C9H13NS/c1-6-4-8(10)5-7-2-3-11-9(6)7/h2-3,7-8H,4-5,10H2,1H3. The molecule has 11 heavy (non-hydrogen) atoms. The summed E-state index contributed by atoms with van der Waals surface area (Å²) in [6, 6.07) is 0.395. The molecular formula is C9H13NS. The molecule has 2 aliphatic rings. The molecule has 1 nitrogen and oxygen atoms in total. The van der Waals surface area contributed by atoms with E-state index < -0.39 is 0 Å². The second kappa shape index (κ2) is 2.68. The van der Waals surface area contributed by atoms with Crippen LogP contribution in [0, 0.1) is 5.92 Å². The van der Waals surface area contributed by atoms with E-state index in [0.29, 0.717) is 12.0 Å². The summed E-state index contributed by atoms with van der Waals surface area (Å²) in [5, 5.41) is 2.20. The lowest BCUT2D eigenvalue weighted by Gasteiger charge is -2.25. The zero-order valence-electron chi connectivity index (χ0n) is 6.71. The van der Waals surface area contributed by atoms with Crippen molar-refractivity contribution in [3.05, 3.63) is 22.0 Å². The van der Waals surface area contributed by atoms with E-state index in [1.54, 1.807) is 4.91 Å². The van der Waals surface area contributed by atoms with Crippen molar-refractivity contribution in [3.63, 3.8) is 0 Å². The van der Waals surface area contributed by atoms with Crippen molar-refractivity contribution in [2.75, 3.05) is 0 Å². The van der Waals surface area contributed by atoms with Crippen LogP contribution >= 0.6 is 11.8 Å². The number of hydrogen-bond donors (Lipinski definition) is 1. The molecule has 2 N–H and O–H groups in total. The van der Waals surface area contributed by atoms with Crippen LogP contribution in [-0.4, -0.2) is 6.04 Å². The maximum atomic E-state index is 5.90. The molecule has 60 valence electrons. The molecule has 0 aromatic rings. The molecular weight excluding hydrogens is 154 g/mol. The van der Waals surface area contributed by atoms with Crippen molar-refractivity contribution in [3.8, 4) is 0 Å². The second-order valence-electron chi connectivity index (χ2n) is 3.40. The monoisotopic (exact) mass is 167 g/mol. The molecule has 0 fully saturated rings. The van der Waals surface area contributed by atoms with E-state index in [1.807, 2.05) is 11.8 Å². The summed E-state index contributed by atoms with van der Waals surface area (Å²) < 4.78 is 0. The summed E-state index contributed by atoms with van der Waals surface area (Å²) in [5.74, 6) is 0.656. The Bertz CT molecular complexity index is 230. The molecule has 0 spiro atoms. The smallest absolute Gasteiger partial charge is 0.0104 e. The molecule has 2 atom stereocenters. The van der Waals surface area contributed by atoms with Gasteiger partial charge in [0.2, 0.25) is 0 Å². The van der Waals surface area contributed by atoms with Gasteiger partial charge >= 0.3 is 0 Å². The van der Waals surface area contributed by atoms with E-state index in [0.717, 1.165) is 12.8 Å². The first-order valence-corrected chi connectivity index (χ1v) is 4.94. The third-order valence-corrected chi connectivity index (χ3v) is 3.59. The van der Waals surface area contributed by atoms with Gasteiger partial charge in [0.25, 0.3) is 0 Å². The molecule has 1 aliphatic carbocycles. The predicted molar refractivity (Wildman–Crippen MR) is 50.1 cm³/mol. The van der Waals surface area contributed by atoms with Gasteiger partial charge in [0.1, 0.15) is 0 Å². The van der Waals surface area contributed by atoms with Gasteiger partial charge in [-0.3, -0.25) is 0 Å². The predicted octanol–water partition coefficient (Wildman–Crippen LogP) is 2.26. The minimum absolute atomic E-state index is 0.395. The van der Waals surface area contributed by atoms with Gasteiger partial charge in [-0.15, -0.1) is 11.8 Å². The Balaban J connectivity index is 2.28.